The molecule has 1 aromatic rings. The minimum Gasteiger partial charge on any atom is -0.480 e. The highest BCUT2D eigenvalue weighted by Crippen LogP contribution is 2.65. The Morgan fingerprint density at radius 1 is 1.38 bits per heavy atom. The van der Waals surface area contributed by atoms with Crippen LogP contribution in [0.4, 0.5) is 0 Å². The fourth-order valence-corrected chi connectivity index (χ4v) is 3.70. The van der Waals surface area contributed by atoms with E-state index in [0.29, 0.717) is 6.42 Å². The molecule has 2 fully saturated rings. The van der Waals surface area contributed by atoms with Gasteiger partial charge < -0.3 is 10.4 Å². The summed E-state index contributed by atoms with van der Waals surface area (Å²) in [6, 6.07) is 6.63. The van der Waals surface area contributed by atoms with Gasteiger partial charge in [0.25, 0.3) is 0 Å². The van der Waals surface area contributed by atoms with Gasteiger partial charge in [-0.25, -0.2) is 4.79 Å². The van der Waals surface area contributed by atoms with E-state index < -0.39 is 12.0 Å². The van der Waals surface area contributed by atoms with Gasteiger partial charge in [-0.3, -0.25) is 4.79 Å². The minimum atomic E-state index is -0.984. The Morgan fingerprint density at radius 2 is 2.10 bits per heavy atom. The maximum atomic E-state index is 12.2. The summed E-state index contributed by atoms with van der Waals surface area (Å²) < 4.78 is 0.868. The maximum absolute atomic E-state index is 12.2. The Bertz CT molecular complexity index is 583. The van der Waals surface area contributed by atoms with Crippen molar-refractivity contribution in [2.24, 2.45) is 11.3 Å². The largest absolute Gasteiger partial charge is 0.480 e. The fraction of sp³-hybridized carbons (Fsp3) is 0.500. The number of hydrogen-bond donors (Lipinski definition) is 2. The molecule has 2 N–H and O–H groups in total. The lowest BCUT2D eigenvalue weighted by Crippen LogP contribution is -2.44. The molecule has 0 aliphatic heterocycles. The number of benzene rings is 1. The summed E-state index contributed by atoms with van der Waals surface area (Å²) >= 11 is 3.41. The molecule has 2 saturated carbocycles. The van der Waals surface area contributed by atoms with Crippen molar-refractivity contribution in [3.63, 3.8) is 0 Å². The van der Waals surface area contributed by atoms with Crippen LogP contribution in [0.2, 0.25) is 0 Å². The smallest absolute Gasteiger partial charge is 0.326 e. The molecule has 112 valence electrons. The Balaban J connectivity index is 1.64. The van der Waals surface area contributed by atoms with Crippen molar-refractivity contribution in [2.75, 3.05) is 0 Å². The van der Waals surface area contributed by atoms with Gasteiger partial charge in [-0.2, -0.15) is 0 Å². The summed E-state index contributed by atoms with van der Waals surface area (Å²) in [7, 11) is 0. The van der Waals surface area contributed by atoms with E-state index >= 15 is 0 Å². The van der Waals surface area contributed by atoms with Crippen LogP contribution in [0.5, 0.6) is 0 Å². The molecule has 0 heterocycles. The molecule has 1 amide bonds. The number of carboxylic acid groups (broad SMARTS) is 1. The quantitative estimate of drug-likeness (QED) is 0.856. The van der Waals surface area contributed by atoms with E-state index in [2.05, 4.69) is 21.2 Å². The lowest BCUT2D eigenvalue weighted by atomic mass is 9.79. The standard InChI is InChI=1S/C16H18BrNO3/c17-12-5-2-1-4-10(12)8-13(15(20)21)18-14(19)11-9-16(11)6-3-7-16/h1-2,4-5,11,13H,3,6-9H2,(H,18,19)(H,20,21). The summed E-state index contributed by atoms with van der Waals surface area (Å²) in [5.74, 6) is -1.04. The first-order chi connectivity index (χ1) is 10.0. The van der Waals surface area contributed by atoms with Crippen LogP contribution in [-0.4, -0.2) is 23.0 Å². The first-order valence-electron chi connectivity index (χ1n) is 7.28. The van der Waals surface area contributed by atoms with Crippen LogP contribution in [0.25, 0.3) is 0 Å². The van der Waals surface area contributed by atoms with E-state index in [9.17, 15) is 14.7 Å². The lowest BCUT2D eigenvalue weighted by Gasteiger charge is -2.26. The molecule has 0 bridgehead atoms. The van der Waals surface area contributed by atoms with E-state index in [-0.39, 0.29) is 17.2 Å². The van der Waals surface area contributed by atoms with Crippen LogP contribution < -0.4 is 5.32 Å². The summed E-state index contributed by atoms with van der Waals surface area (Å²) in [5, 5.41) is 12.1. The molecule has 3 rings (SSSR count). The summed E-state index contributed by atoms with van der Waals surface area (Å²) in [5.41, 5.74) is 1.11. The molecule has 21 heavy (non-hydrogen) atoms. The number of hydrogen-bond acceptors (Lipinski definition) is 2. The SMILES string of the molecule is O=C(O)C(Cc1ccccc1Br)NC(=O)C1CC12CCC2. The van der Waals surface area contributed by atoms with Gasteiger partial charge in [0.2, 0.25) is 5.91 Å². The fourth-order valence-electron chi connectivity index (χ4n) is 3.26. The third-order valence-electron chi connectivity index (χ3n) is 4.85. The number of amides is 1. The van der Waals surface area contributed by atoms with Gasteiger partial charge in [-0.1, -0.05) is 40.5 Å². The van der Waals surface area contributed by atoms with Crippen LogP contribution in [-0.2, 0) is 16.0 Å². The Kier molecular flexibility index (Phi) is 3.78. The topological polar surface area (TPSA) is 66.4 Å². The highest BCUT2D eigenvalue weighted by Gasteiger charge is 2.61. The number of carbonyl (C=O) groups is 2. The molecule has 0 saturated heterocycles. The van der Waals surface area contributed by atoms with E-state index in [1.165, 1.54) is 6.42 Å². The van der Waals surface area contributed by atoms with Crippen molar-refractivity contribution < 1.29 is 14.7 Å². The zero-order valence-corrected chi connectivity index (χ0v) is 13.2. The predicted octanol–water partition coefficient (Wildman–Crippen LogP) is 2.75. The van der Waals surface area contributed by atoms with Gasteiger partial charge in [0.1, 0.15) is 6.04 Å². The number of nitrogens with one attached hydrogen (secondary N) is 1. The molecule has 4 nitrogen and oxygen atoms in total. The van der Waals surface area contributed by atoms with Crippen molar-refractivity contribution in [3.8, 4) is 0 Å². The summed E-state index contributed by atoms with van der Waals surface area (Å²) in [4.78, 5) is 23.6. The predicted molar refractivity (Wildman–Crippen MR) is 81.8 cm³/mol. The Morgan fingerprint density at radius 3 is 2.62 bits per heavy atom. The first-order valence-corrected chi connectivity index (χ1v) is 8.08. The van der Waals surface area contributed by atoms with Gasteiger partial charge in [0.05, 0.1) is 0 Å². The molecule has 2 aliphatic carbocycles. The molecule has 0 aromatic heterocycles. The molecule has 0 radical (unpaired) electrons. The highest BCUT2D eigenvalue weighted by atomic mass is 79.9. The van der Waals surface area contributed by atoms with Gasteiger partial charge in [0.15, 0.2) is 0 Å². The Labute approximate surface area is 132 Å². The molecule has 2 aliphatic rings. The van der Waals surface area contributed by atoms with Crippen LogP contribution in [0.15, 0.2) is 28.7 Å². The molecule has 5 heteroatoms. The van der Waals surface area contributed by atoms with Crippen LogP contribution in [0.1, 0.15) is 31.2 Å². The first kappa shape index (κ1) is 14.6. The second-order valence-corrected chi connectivity index (χ2v) is 7.02. The maximum Gasteiger partial charge on any atom is 0.326 e. The average Bonchev–Trinajstić information content (AvgIpc) is 3.16. The second kappa shape index (κ2) is 5.44. The van der Waals surface area contributed by atoms with Gasteiger partial charge >= 0.3 is 5.97 Å². The number of aliphatic carboxylic acids is 1. The molecule has 2 atom stereocenters. The molecule has 1 aromatic carbocycles. The third-order valence-corrected chi connectivity index (χ3v) is 5.63. The minimum absolute atomic E-state index is 0.0346. The number of carbonyl (C=O) groups excluding carboxylic acids is 1. The van der Waals surface area contributed by atoms with Crippen molar-refractivity contribution in [1.29, 1.82) is 0 Å². The molecular formula is C16H18BrNO3. The van der Waals surface area contributed by atoms with Crippen LogP contribution in [0, 0.1) is 11.3 Å². The Hall–Kier alpha value is -1.36. The number of carboxylic acids is 1. The van der Waals surface area contributed by atoms with Gasteiger partial charge in [0, 0.05) is 16.8 Å². The van der Waals surface area contributed by atoms with E-state index in [4.69, 9.17) is 0 Å². The summed E-state index contributed by atoms with van der Waals surface area (Å²) in [6.07, 6.45) is 4.66. The third kappa shape index (κ3) is 2.84. The second-order valence-electron chi connectivity index (χ2n) is 6.17. The zero-order valence-electron chi connectivity index (χ0n) is 11.6. The number of halogens is 1. The monoisotopic (exact) mass is 351 g/mol. The molecular weight excluding hydrogens is 334 g/mol. The normalized spacial score (nSPS) is 23.2. The van der Waals surface area contributed by atoms with Crippen molar-refractivity contribution >= 4 is 27.8 Å². The average molecular weight is 352 g/mol. The van der Waals surface area contributed by atoms with Gasteiger partial charge in [-0.15, -0.1) is 0 Å². The van der Waals surface area contributed by atoms with E-state index in [0.717, 1.165) is 29.3 Å². The molecule has 1 spiro atoms. The highest BCUT2D eigenvalue weighted by molar-refractivity contribution is 9.10. The van der Waals surface area contributed by atoms with Crippen molar-refractivity contribution in [2.45, 2.75) is 38.1 Å². The molecule has 2 unspecified atom stereocenters. The van der Waals surface area contributed by atoms with Crippen LogP contribution >= 0.6 is 15.9 Å². The van der Waals surface area contributed by atoms with E-state index in [1.807, 2.05) is 24.3 Å². The van der Waals surface area contributed by atoms with Crippen LogP contribution in [0.3, 0.4) is 0 Å². The lowest BCUT2D eigenvalue weighted by molar-refractivity contribution is -0.142. The van der Waals surface area contributed by atoms with Crippen molar-refractivity contribution in [1.82, 2.24) is 5.32 Å². The number of rotatable bonds is 5. The van der Waals surface area contributed by atoms with Crippen molar-refractivity contribution in [3.05, 3.63) is 34.3 Å². The summed E-state index contributed by atoms with van der Waals surface area (Å²) in [6.45, 7) is 0. The zero-order chi connectivity index (χ0) is 15.0. The van der Waals surface area contributed by atoms with E-state index in [1.54, 1.807) is 0 Å². The van der Waals surface area contributed by atoms with Gasteiger partial charge in [-0.05, 0) is 36.3 Å².